The Balaban J connectivity index is 2.37. The van der Waals surface area contributed by atoms with E-state index in [1.54, 1.807) is 13.0 Å². The highest BCUT2D eigenvalue weighted by Crippen LogP contribution is 2.45. The van der Waals surface area contributed by atoms with E-state index in [-0.39, 0.29) is 23.0 Å². The third kappa shape index (κ3) is 3.02. The van der Waals surface area contributed by atoms with Crippen molar-refractivity contribution in [2.45, 2.75) is 44.7 Å². The molecule has 19 heavy (non-hydrogen) atoms. The third-order valence-corrected chi connectivity index (χ3v) is 6.06. The molecule has 0 aliphatic heterocycles. The highest BCUT2D eigenvalue weighted by atomic mass is 79.9. The molecule has 1 atom stereocenters. The molecule has 1 fully saturated rings. The van der Waals surface area contributed by atoms with Crippen LogP contribution < -0.4 is 4.72 Å². The van der Waals surface area contributed by atoms with Gasteiger partial charge in [0.25, 0.3) is 0 Å². The van der Waals surface area contributed by atoms with Crippen molar-refractivity contribution in [3.8, 4) is 0 Å². The molecule has 106 valence electrons. The molecule has 1 saturated carbocycles. The standard InChI is InChI=1S/C13H18BrNO3S/c1-8-10(14)4-9(7-16)5-11(8)19(17,18)15-12-6-13(12,2)3/h4-5,12,15-16H,6-7H2,1-3H3. The molecule has 4 nitrogen and oxygen atoms in total. The molecule has 1 aliphatic rings. The molecule has 1 unspecified atom stereocenters. The van der Waals surface area contributed by atoms with Crippen LogP contribution in [0.25, 0.3) is 0 Å². The molecule has 0 aromatic heterocycles. The Bertz CT molecular complexity index is 611. The first-order valence-electron chi connectivity index (χ1n) is 6.09. The maximum atomic E-state index is 12.4. The zero-order valence-electron chi connectivity index (χ0n) is 11.2. The number of hydrogen-bond donors (Lipinski definition) is 2. The second-order valence-electron chi connectivity index (χ2n) is 5.73. The van der Waals surface area contributed by atoms with E-state index >= 15 is 0 Å². The van der Waals surface area contributed by atoms with Crippen molar-refractivity contribution in [1.29, 1.82) is 0 Å². The fourth-order valence-electron chi connectivity index (χ4n) is 2.00. The number of aliphatic hydroxyl groups excluding tert-OH is 1. The van der Waals surface area contributed by atoms with Crippen LogP contribution in [-0.2, 0) is 16.6 Å². The first-order chi connectivity index (χ1) is 8.67. The predicted octanol–water partition coefficient (Wildman–Crippen LogP) is 2.33. The Kier molecular flexibility index (Phi) is 3.81. The van der Waals surface area contributed by atoms with Crippen LogP contribution in [0.2, 0.25) is 0 Å². The quantitative estimate of drug-likeness (QED) is 0.878. The van der Waals surface area contributed by atoms with Crippen LogP contribution in [0.3, 0.4) is 0 Å². The summed E-state index contributed by atoms with van der Waals surface area (Å²) in [5.74, 6) is 0. The molecule has 0 spiro atoms. The smallest absolute Gasteiger partial charge is 0.241 e. The predicted molar refractivity (Wildman–Crippen MR) is 77.3 cm³/mol. The van der Waals surface area contributed by atoms with Gasteiger partial charge < -0.3 is 5.11 Å². The minimum Gasteiger partial charge on any atom is -0.392 e. The lowest BCUT2D eigenvalue weighted by Gasteiger charge is -2.13. The summed E-state index contributed by atoms with van der Waals surface area (Å²) in [7, 11) is -3.54. The van der Waals surface area contributed by atoms with E-state index in [0.29, 0.717) is 15.6 Å². The van der Waals surface area contributed by atoms with Crippen molar-refractivity contribution in [3.05, 3.63) is 27.7 Å². The van der Waals surface area contributed by atoms with Crippen LogP contribution in [0, 0.1) is 12.3 Å². The van der Waals surface area contributed by atoms with E-state index in [1.807, 2.05) is 13.8 Å². The lowest BCUT2D eigenvalue weighted by molar-refractivity contribution is 0.281. The minimum atomic E-state index is -3.54. The topological polar surface area (TPSA) is 66.4 Å². The van der Waals surface area contributed by atoms with Crippen LogP contribution in [0.5, 0.6) is 0 Å². The van der Waals surface area contributed by atoms with Crippen LogP contribution in [0.1, 0.15) is 31.4 Å². The fraction of sp³-hybridized carbons (Fsp3) is 0.538. The molecular formula is C13H18BrNO3S. The molecule has 0 heterocycles. The summed E-state index contributed by atoms with van der Waals surface area (Å²) in [6.07, 6.45) is 0.853. The Hall–Kier alpha value is -0.430. The zero-order chi connectivity index (χ0) is 14.4. The summed E-state index contributed by atoms with van der Waals surface area (Å²) < 4.78 is 28.2. The number of hydrogen-bond acceptors (Lipinski definition) is 3. The van der Waals surface area contributed by atoms with Crippen molar-refractivity contribution in [2.24, 2.45) is 5.41 Å². The molecule has 1 aromatic rings. The van der Waals surface area contributed by atoms with Crippen LogP contribution in [0.15, 0.2) is 21.5 Å². The lowest BCUT2D eigenvalue weighted by Crippen LogP contribution is -2.29. The van der Waals surface area contributed by atoms with Gasteiger partial charge in [-0.25, -0.2) is 13.1 Å². The van der Waals surface area contributed by atoms with Crippen molar-refractivity contribution in [1.82, 2.24) is 4.72 Å². The van der Waals surface area contributed by atoms with Gasteiger partial charge in [0.1, 0.15) is 0 Å². The second-order valence-corrected chi connectivity index (χ2v) is 8.26. The van der Waals surface area contributed by atoms with Crippen LogP contribution in [0.4, 0.5) is 0 Å². The first-order valence-corrected chi connectivity index (χ1v) is 8.37. The van der Waals surface area contributed by atoms with E-state index in [2.05, 4.69) is 20.7 Å². The molecule has 1 aromatic carbocycles. The molecule has 2 N–H and O–H groups in total. The summed E-state index contributed by atoms with van der Waals surface area (Å²) in [6.45, 7) is 5.63. The van der Waals surface area contributed by atoms with E-state index in [0.717, 1.165) is 6.42 Å². The second kappa shape index (κ2) is 4.84. The van der Waals surface area contributed by atoms with E-state index in [1.165, 1.54) is 6.07 Å². The minimum absolute atomic E-state index is 0.00606. The Morgan fingerprint density at radius 3 is 2.53 bits per heavy atom. The summed E-state index contributed by atoms with van der Waals surface area (Å²) >= 11 is 3.33. The van der Waals surface area contributed by atoms with Crippen molar-refractivity contribution in [3.63, 3.8) is 0 Å². The van der Waals surface area contributed by atoms with Gasteiger partial charge in [-0.2, -0.15) is 0 Å². The normalized spacial score (nSPS) is 21.4. The average Bonchev–Trinajstić information content (AvgIpc) is 2.88. The number of halogens is 1. The molecule has 1 aliphatic carbocycles. The molecule has 2 rings (SSSR count). The molecule has 0 radical (unpaired) electrons. The van der Waals surface area contributed by atoms with Gasteiger partial charge in [-0.15, -0.1) is 0 Å². The van der Waals surface area contributed by atoms with E-state index < -0.39 is 10.0 Å². The molecular weight excluding hydrogens is 330 g/mol. The highest BCUT2D eigenvalue weighted by Gasteiger charge is 2.48. The van der Waals surface area contributed by atoms with Gasteiger partial charge in [-0.3, -0.25) is 0 Å². The van der Waals surface area contributed by atoms with Gasteiger partial charge in [0, 0.05) is 10.5 Å². The number of rotatable bonds is 4. The summed E-state index contributed by atoms with van der Waals surface area (Å²) in [5.41, 5.74) is 1.27. The number of sulfonamides is 1. The Morgan fingerprint density at radius 1 is 1.47 bits per heavy atom. The monoisotopic (exact) mass is 347 g/mol. The van der Waals surface area contributed by atoms with E-state index in [4.69, 9.17) is 0 Å². The number of benzene rings is 1. The largest absolute Gasteiger partial charge is 0.392 e. The summed E-state index contributed by atoms with van der Waals surface area (Å²) in [6, 6.07) is 3.25. The SMILES string of the molecule is Cc1c(Br)cc(CO)cc1S(=O)(=O)NC1CC1(C)C. The summed E-state index contributed by atoms with van der Waals surface area (Å²) in [5, 5.41) is 9.18. The van der Waals surface area contributed by atoms with Gasteiger partial charge in [0.05, 0.1) is 11.5 Å². The maximum absolute atomic E-state index is 12.4. The fourth-order valence-corrected chi connectivity index (χ4v) is 4.36. The third-order valence-electron chi connectivity index (χ3n) is 3.64. The lowest BCUT2D eigenvalue weighted by atomic mass is 10.2. The van der Waals surface area contributed by atoms with Crippen LogP contribution >= 0.6 is 15.9 Å². The number of aliphatic hydroxyl groups is 1. The Morgan fingerprint density at radius 2 is 2.05 bits per heavy atom. The van der Waals surface area contributed by atoms with E-state index in [9.17, 15) is 13.5 Å². The molecule has 0 saturated heterocycles. The highest BCUT2D eigenvalue weighted by molar-refractivity contribution is 9.10. The average molecular weight is 348 g/mol. The molecule has 6 heteroatoms. The first kappa shape index (κ1) is 15.0. The van der Waals surface area contributed by atoms with Crippen molar-refractivity contribution >= 4 is 26.0 Å². The maximum Gasteiger partial charge on any atom is 0.241 e. The Labute approximate surface area is 122 Å². The summed E-state index contributed by atoms with van der Waals surface area (Å²) in [4.78, 5) is 0.230. The van der Waals surface area contributed by atoms with Crippen molar-refractivity contribution in [2.75, 3.05) is 0 Å². The van der Waals surface area contributed by atoms with Gasteiger partial charge in [-0.1, -0.05) is 29.8 Å². The van der Waals surface area contributed by atoms with Crippen LogP contribution in [-0.4, -0.2) is 19.6 Å². The van der Waals surface area contributed by atoms with Gasteiger partial charge in [0.2, 0.25) is 10.0 Å². The molecule has 0 amide bonds. The molecule has 0 bridgehead atoms. The zero-order valence-corrected chi connectivity index (χ0v) is 13.6. The van der Waals surface area contributed by atoms with Crippen molar-refractivity contribution < 1.29 is 13.5 Å². The van der Waals surface area contributed by atoms with Gasteiger partial charge in [-0.05, 0) is 42.0 Å². The number of nitrogens with one attached hydrogen (secondary N) is 1. The van der Waals surface area contributed by atoms with Gasteiger partial charge >= 0.3 is 0 Å². The van der Waals surface area contributed by atoms with Gasteiger partial charge in [0.15, 0.2) is 0 Å².